The molecule has 0 saturated carbocycles. The molecule has 2 rings (SSSR count). The van der Waals surface area contributed by atoms with Gasteiger partial charge in [0.1, 0.15) is 0 Å². The van der Waals surface area contributed by atoms with Gasteiger partial charge in [-0.1, -0.05) is 18.1 Å². The number of nitriles is 1. The van der Waals surface area contributed by atoms with Gasteiger partial charge in [0, 0.05) is 32.0 Å². The van der Waals surface area contributed by atoms with Crippen LogP contribution in [0.15, 0.2) is 23.4 Å². The van der Waals surface area contributed by atoms with Crippen molar-refractivity contribution < 1.29 is 5.21 Å². The zero-order valence-corrected chi connectivity index (χ0v) is 12.1. The summed E-state index contributed by atoms with van der Waals surface area (Å²) in [6, 6.07) is 8.04. The fourth-order valence-corrected chi connectivity index (χ4v) is 2.81. The van der Waals surface area contributed by atoms with Gasteiger partial charge in [0.2, 0.25) is 0 Å². The summed E-state index contributed by atoms with van der Waals surface area (Å²) in [5.74, 6) is 0.354. The van der Waals surface area contributed by atoms with Gasteiger partial charge in [0.15, 0.2) is 0 Å². The summed E-state index contributed by atoms with van der Waals surface area (Å²) in [5, 5.41) is 21.3. The largest absolute Gasteiger partial charge is 0.411 e. The Hall–Kier alpha value is -1.86. The van der Waals surface area contributed by atoms with E-state index in [1.165, 1.54) is 11.1 Å². The Labute approximate surface area is 120 Å². The Bertz CT molecular complexity index is 545. The summed E-state index contributed by atoms with van der Waals surface area (Å²) in [6.07, 6.45) is 1.84. The predicted molar refractivity (Wildman–Crippen MR) is 78.8 cm³/mol. The monoisotopic (exact) mass is 271 g/mol. The van der Waals surface area contributed by atoms with Crippen LogP contribution >= 0.6 is 0 Å². The van der Waals surface area contributed by atoms with Crippen molar-refractivity contribution >= 4 is 5.71 Å². The van der Waals surface area contributed by atoms with E-state index in [1.807, 2.05) is 18.2 Å². The minimum absolute atomic E-state index is 0.354. The van der Waals surface area contributed by atoms with Crippen LogP contribution in [0.25, 0.3) is 0 Å². The molecule has 4 heteroatoms. The van der Waals surface area contributed by atoms with Gasteiger partial charge < -0.3 is 5.21 Å². The summed E-state index contributed by atoms with van der Waals surface area (Å²) in [7, 11) is 0. The summed E-state index contributed by atoms with van der Waals surface area (Å²) in [6.45, 7) is 6.95. The van der Waals surface area contributed by atoms with Crippen molar-refractivity contribution in [3.8, 4) is 6.07 Å². The van der Waals surface area contributed by atoms with E-state index >= 15 is 0 Å². The molecule has 1 N–H and O–H groups in total. The lowest BCUT2D eigenvalue weighted by atomic mass is 9.92. The fraction of sp³-hybridized carbons (Fsp3) is 0.500. The summed E-state index contributed by atoms with van der Waals surface area (Å²) in [4.78, 5) is 2.40. The molecule has 1 saturated heterocycles. The maximum absolute atomic E-state index is 9.01. The number of oxime groups is 1. The molecule has 1 aliphatic heterocycles. The van der Waals surface area contributed by atoms with Crippen LogP contribution in [-0.2, 0) is 6.54 Å². The number of hydrogen-bond donors (Lipinski definition) is 1. The number of likely N-dealkylation sites (tertiary alicyclic amines) is 1. The van der Waals surface area contributed by atoms with E-state index in [0.717, 1.165) is 38.2 Å². The highest BCUT2D eigenvalue weighted by molar-refractivity contribution is 5.87. The van der Waals surface area contributed by atoms with E-state index in [1.54, 1.807) is 0 Å². The van der Waals surface area contributed by atoms with Crippen LogP contribution in [0.3, 0.4) is 0 Å². The Morgan fingerprint density at radius 3 is 2.90 bits per heavy atom. The number of aryl methyl sites for hydroxylation is 1. The first-order valence-electron chi connectivity index (χ1n) is 7.10. The molecule has 20 heavy (non-hydrogen) atoms. The van der Waals surface area contributed by atoms with Crippen molar-refractivity contribution in [2.75, 3.05) is 13.1 Å². The molecule has 1 fully saturated rings. The number of hydrogen-bond acceptors (Lipinski definition) is 4. The molecule has 0 aromatic heterocycles. The SMILES string of the molecule is CCC1CN(Cc2ccc(C#N)cc2C)CC/C1=N\O. The summed E-state index contributed by atoms with van der Waals surface area (Å²) in [5.41, 5.74) is 4.08. The molecular formula is C16H21N3O. The van der Waals surface area contributed by atoms with E-state index in [-0.39, 0.29) is 0 Å². The Morgan fingerprint density at radius 1 is 1.50 bits per heavy atom. The third-order valence-electron chi connectivity index (χ3n) is 4.12. The highest BCUT2D eigenvalue weighted by Crippen LogP contribution is 2.21. The molecule has 1 aromatic carbocycles. The van der Waals surface area contributed by atoms with E-state index in [4.69, 9.17) is 10.5 Å². The van der Waals surface area contributed by atoms with Gasteiger partial charge in [-0.25, -0.2) is 0 Å². The summed E-state index contributed by atoms with van der Waals surface area (Å²) >= 11 is 0. The van der Waals surface area contributed by atoms with Gasteiger partial charge in [-0.2, -0.15) is 5.26 Å². The maximum atomic E-state index is 9.01. The minimum atomic E-state index is 0.354. The van der Waals surface area contributed by atoms with E-state index in [0.29, 0.717) is 11.5 Å². The molecule has 0 radical (unpaired) electrons. The van der Waals surface area contributed by atoms with Gasteiger partial charge in [-0.15, -0.1) is 0 Å². The molecule has 1 atom stereocenters. The van der Waals surface area contributed by atoms with Crippen molar-refractivity contribution in [2.24, 2.45) is 11.1 Å². The highest BCUT2D eigenvalue weighted by atomic mass is 16.4. The first-order valence-corrected chi connectivity index (χ1v) is 7.10. The Kier molecular flexibility index (Phi) is 4.75. The molecule has 0 spiro atoms. The van der Waals surface area contributed by atoms with Crippen molar-refractivity contribution in [3.05, 3.63) is 34.9 Å². The summed E-state index contributed by atoms with van der Waals surface area (Å²) < 4.78 is 0. The molecule has 106 valence electrons. The molecule has 1 heterocycles. The molecule has 1 unspecified atom stereocenters. The fourth-order valence-electron chi connectivity index (χ4n) is 2.81. The lowest BCUT2D eigenvalue weighted by Gasteiger charge is -2.33. The predicted octanol–water partition coefficient (Wildman–Crippen LogP) is 2.93. The van der Waals surface area contributed by atoms with Crippen molar-refractivity contribution in [1.82, 2.24) is 4.90 Å². The second kappa shape index (κ2) is 6.53. The smallest absolute Gasteiger partial charge is 0.0991 e. The maximum Gasteiger partial charge on any atom is 0.0991 e. The molecule has 1 aliphatic rings. The average molecular weight is 271 g/mol. The van der Waals surface area contributed by atoms with Gasteiger partial charge >= 0.3 is 0 Å². The van der Waals surface area contributed by atoms with E-state index in [9.17, 15) is 0 Å². The first-order chi connectivity index (χ1) is 9.67. The van der Waals surface area contributed by atoms with Crippen LogP contribution in [-0.4, -0.2) is 28.9 Å². The minimum Gasteiger partial charge on any atom is -0.411 e. The quantitative estimate of drug-likeness (QED) is 0.679. The molecular weight excluding hydrogens is 250 g/mol. The zero-order chi connectivity index (χ0) is 14.5. The molecule has 1 aromatic rings. The van der Waals surface area contributed by atoms with Crippen LogP contribution in [0.5, 0.6) is 0 Å². The average Bonchev–Trinajstić information content (AvgIpc) is 2.49. The lowest BCUT2D eigenvalue weighted by molar-refractivity contribution is 0.220. The van der Waals surface area contributed by atoms with Crippen molar-refractivity contribution in [3.63, 3.8) is 0 Å². The lowest BCUT2D eigenvalue weighted by Crippen LogP contribution is -2.40. The molecule has 0 amide bonds. The number of nitrogens with zero attached hydrogens (tertiary/aromatic N) is 3. The number of benzene rings is 1. The molecule has 0 bridgehead atoms. The molecule has 4 nitrogen and oxygen atoms in total. The number of piperidine rings is 1. The van der Waals surface area contributed by atoms with E-state index in [2.05, 4.69) is 30.0 Å². The van der Waals surface area contributed by atoms with Gasteiger partial charge in [-0.3, -0.25) is 4.90 Å². The number of rotatable bonds is 3. The van der Waals surface area contributed by atoms with Gasteiger partial charge in [0.25, 0.3) is 0 Å². The second-order valence-electron chi connectivity index (χ2n) is 5.43. The van der Waals surface area contributed by atoms with Crippen molar-refractivity contribution in [1.29, 1.82) is 5.26 Å². The zero-order valence-electron chi connectivity index (χ0n) is 12.1. The van der Waals surface area contributed by atoms with Gasteiger partial charge in [0.05, 0.1) is 17.3 Å². The van der Waals surface area contributed by atoms with Crippen molar-refractivity contribution in [2.45, 2.75) is 33.2 Å². The first kappa shape index (κ1) is 14.5. The standard InChI is InChI=1S/C16H21N3O/c1-3-14-10-19(7-6-16(14)18-20)11-15-5-4-13(9-17)8-12(15)2/h4-5,8,14,20H,3,6-7,10-11H2,1-2H3/b18-16+. The van der Waals surface area contributed by atoms with Crippen LogP contribution in [0, 0.1) is 24.2 Å². The van der Waals surface area contributed by atoms with Gasteiger partial charge in [-0.05, 0) is 36.6 Å². The third-order valence-corrected chi connectivity index (χ3v) is 4.12. The molecule has 0 aliphatic carbocycles. The Morgan fingerprint density at radius 2 is 2.30 bits per heavy atom. The third kappa shape index (κ3) is 3.17. The van der Waals surface area contributed by atoms with Crippen LogP contribution in [0.1, 0.15) is 36.5 Å². The van der Waals surface area contributed by atoms with Crippen LogP contribution in [0.2, 0.25) is 0 Å². The second-order valence-corrected chi connectivity index (χ2v) is 5.43. The van der Waals surface area contributed by atoms with Crippen LogP contribution < -0.4 is 0 Å². The highest BCUT2D eigenvalue weighted by Gasteiger charge is 2.24. The van der Waals surface area contributed by atoms with Crippen LogP contribution in [0.4, 0.5) is 0 Å². The normalized spacial score (nSPS) is 21.9. The Balaban J connectivity index is 2.06. The van der Waals surface area contributed by atoms with E-state index < -0.39 is 0 Å². The topological polar surface area (TPSA) is 59.6 Å².